The fraction of sp³-hybridized carbons (Fsp3) is 0.700. The lowest BCUT2D eigenvalue weighted by Crippen LogP contribution is -2.35. The predicted octanol–water partition coefficient (Wildman–Crippen LogP) is 1.92. The van der Waals surface area contributed by atoms with E-state index in [2.05, 4.69) is 11.2 Å². The van der Waals surface area contributed by atoms with Crippen LogP contribution in [-0.4, -0.2) is 18.2 Å². The minimum atomic E-state index is -0.392. The first-order valence-electron chi connectivity index (χ1n) is 4.50. The van der Waals surface area contributed by atoms with Gasteiger partial charge >= 0.3 is 6.09 Å². The summed E-state index contributed by atoms with van der Waals surface area (Å²) < 4.78 is 4.91. The average Bonchev–Trinajstić information content (AvgIpc) is 2.02. The van der Waals surface area contributed by atoms with Crippen molar-refractivity contribution in [1.82, 2.24) is 5.32 Å². The molecule has 0 aromatic carbocycles. The van der Waals surface area contributed by atoms with Gasteiger partial charge in [0, 0.05) is 12.5 Å². The lowest BCUT2D eigenvalue weighted by atomic mass is 10.2. The van der Waals surface area contributed by atoms with Gasteiger partial charge in [-0.3, -0.25) is 0 Å². The highest BCUT2D eigenvalue weighted by molar-refractivity contribution is 5.67. The Kier molecular flexibility index (Phi) is 5.79. The van der Waals surface area contributed by atoms with Crippen LogP contribution in [0.5, 0.6) is 0 Å². The van der Waals surface area contributed by atoms with Crippen molar-refractivity contribution in [3.63, 3.8) is 0 Å². The summed E-state index contributed by atoms with van der Waals surface area (Å²) in [6.07, 6.45) is 6.02. The molecule has 0 aromatic rings. The summed E-state index contributed by atoms with van der Waals surface area (Å²) in [5.74, 6) is 2.51. The third-order valence-corrected chi connectivity index (χ3v) is 1.52. The first kappa shape index (κ1) is 11.8. The first-order valence-corrected chi connectivity index (χ1v) is 4.50. The average molecular weight is 183 g/mol. The molecule has 0 aromatic heterocycles. The molecule has 0 saturated heterocycles. The molecule has 74 valence electrons. The minimum absolute atomic E-state index is 0.0243. The van der Waals surface area contributed by atoms with Crippen LogP contribution in [0.3, 0.4) is 0 Å². The molecule has 0 rings (SSSR count). The van der Waals surface area contributed by atoms with Crippen molar-refractivity contribution in [3.8, 4) is 12.3 Å². The molecule has 0 fully saturated rings. The van der Waals surface area contributed by atoms with Gasteiger partial charge in [0.05, 0.1) is 6.10 Å². The number of carbonyl (C=O) groups excluding carboxylic acids is 1. The zero-order valence-electron chi connectivity index (χ0n) is 8.46. The molecular formula is C10H17NO2. The predicted molar refractivity (Wildman–Crippen MR) is 52.3 cm³/mol. The Balaban J connectivity index is 3.81. The molecule has 0 aliphatic carbocycles. The van der Waals surface area contributed by atoms with E-state index in [9.17, 15) is 4.79 Å². The third-order valence-electron chi connectivity index (χ3n) is 1.52. The zero-order chi connectivity index (χ0) is 10.3. The monoisotopic (exact) mass is 183 g/mol. The van der Waals surface area contributed by atoms with Crippen molar-refractivity contribution in [2.45, 2.75) is 45.8 Å². The maximum Gasteiger partial charge on any atom is 0.407 e. The van der Waals surface area contributed by atoms with E-state index in [-0.39, 0.29) is 12.1 Å². The van der Waals surface area contributed by atoms with E-state index in [1.807, 2.05) is 20.8 Å². The van der Waals surface area contributed by atoms with Crippen molar-refractivity contribution in [1.29, 1.82) is 0 Å². The summed E-state index contributed by atoms with van der Waals surface area (Å²) in [7, 11) is 0. The molecule has 1 atom stereocenters. The molecular weight excluding hydrogens is 166 g/mol. The normalized spacial score (nSPS) is 11.9. The molecule has 3 nitrogen and oxygen atoms in total. The first-order chi connectivity index (χ1) is 6.10. The molecule has 0 aliphatic heterocycles. The summed E-state index contributed by atoms with van der Waals surface area (Å²) in [5, 5.41) is 2.70. The summed E-state index contributed by atoms with van der Waals surface area (Å²) >= 11 is 0. The fourth-order valence-electron chi connectivity index (χ4n) is 0.854. The molecule has 0 saturated carbocycles. The van der Waals surface area contributed by atoms with Crippen LogP contribution in [0.4, 0.5) is 4.79 Å². The van der Waals surface area contributed by atoms with E-state index >= 15 is 0 Å². The Morgan fingerprint density at radius 3 is 2.62 bits per heavy atom. The van der Waals surface area contributed by atoms with Gasteiger partial charge in [-0.2, -0.15) is 0 Å². The fourth-order valence-corrected chi connectivity index (χ4v) is 0.854. The lowest BCUT2D eigenvalue weighted by molar-refractivity contribution is 0.112. The largest absolute Gasteiger partial charge is 0.447 e. The molecule has 3 heteroatoms. The quantitative estimate of drug-likeness (QED) is 0.676. The number of rotatable bonds is 4. The lowest BCUT2D eigenvalue weighted by Gasteiger charge is -2.15. The summed E-state index contributed by atoms with van der Waals surface area (Å²) in [4.78, 5) is 11.1. The van der Waals surface area contributed by atoms with Gasteiger partial charge < -0.3 is 10.1 Å². The molecule has 0 bridgehead atoms. The number of hydrogen-bond donors (Lipinski definition) is 1. The van der Waals surface area contributed by atoms with E-state index in [0.717, 1.165) is 6.42 Å². The van der Waals surface area contributed by atoms with Gasteiger partial charge in [0.1, 0.15) is 0 Å². The number of ether oxygens (including phenoxy) is 1. The van der Waals surface area contributed by atoms with Crippen LogP contribution >= 0.6 is 0 Å². The van der Waals surface area contributed by atoms with Crippen LogP contribution in [0.15, 0.2) is 0 Å². The molecule has 0 radical (unpaired) electrons. The Hall–Kier alpha value is -1.17. The van der Waals surface area contributed by atoms with Crippen molar-refractivity contribution in [2.24, 2.45) is 0 Å². The Morgan fingerprint density at radius 2 is 2.23 bits per heavy atom. The second-order valence-electron chi connectivity index (χ2n) is 3.11. The number of hydrogen-bond acceptors (Lipinski definition) is 2. The molecule has 1 N–H and O–H groups in total. The van der Waals surface area contributed by atoms with Gasteiger partial charge in [0.2, 0.25) is 0 Å². The van der Waals surface area contributed by atoms with Crippen molar-refractivity contribution >= 4 is 6.09 Å². The maximum atomic E-state index is 11.1. The van der Waals surface area contributed by atoms with E-state index < -0.39 is 6.09 Å². The van der Waals surface area contributed by atoms with E-state index in [0.29, 0.717) is 6.42 Å². The SMILES string of the molecule is C#CCC(CC)NC(=O)OC(C)C. The standard InChI is InChI=1S/C10H17NO2/c1-5-7-9(6-2)11-10(12)13-8(3)4/h1,8-9H,6-7H2,2-4H3,(H,11,12). The third kappa shape index (κ3) is 6.03. The number of terminal acetylenes is 1. The summed E-state index contributed by atoms with van der Waals surface area (Å²) in [6.45, 7) is 5.58. The van der Waals surface area contributed by atoms with Crippen LogP contribution in [0.2, 0.25) is 0 Å². The highest BCUT2D eigenvalue weighted by Gasteiger charge is 2.10. The second kappa shape index (κ2) is 6.36. The molecule has 1 amide bonds. The molecule has 13 heavy (non-hydrogen) atoms. The van der Waals surface area contributed by atoms with Crippen LogP contribution in [0.1, 0.15) is 33.6 Å². The smallest absolute Gasteiger partial charge is 0.407 e. The van der Waals surface area contributed by atoms with Crippen molar-refractivity contribution in [3.05, 3.63) is 0 Å². The number of alkyl carbamates (subject to hydrolysis) is 1. The Bertz CT molecular complexity index is 194. The number of carbonyl (C=O) groups is 1. The van der Waals surface area contributed by atoms with E-state index in [4.69, 9.17) is 11.2 Å². The van der Waals surface area contributed by atoms with E-state index in [1.165, 1.54) is 0 Å². The molecule has 0 heterocycles. The van der Waals surface area contributed by atoms with Gasteiger partial charge in [-0.15, -0.1) is 12.3 Å². The van der Waals surface area contributed by atoms with Gasteiger partial charge in [-0.1, -0.05) is 6.92 Å². The van der Waals surface area contributed by atoms with Crippen molar-refractivity contribution < 1.29 is 9.53 Å². The molecule has 1 unspecified atom stereocenters. The summed E-state index contributed by atoms with van der Waals surface area (Å²) in [5.41, 5.74) is 0. The van der Waals surface area contributed by atoms with Gasteiger partial charge in [0.15, 0.2) is 0 Å². The van der Waals surface area contributed by atoms with Gasteiger partial charge in [-0.05, 0) is 20.3 Å². The highest BCUT2D eigenvalue weighted by Crippen LogP contribution is 1.97. The van der Waals surface area contributed by atoms with Crippen LogP contribution < -0.4 is 5.32 Å². The second-order valence-corrected chi connectivity index (χ2v) is 3.11. The maximum absolute atomic E-state index is 11.1. The Labute approximate surface area is 79.8 Å². The Morgan fingerprint density at radius 1 is 1.62 bits per heavy atom. The van der Waals surface area contributed by atoms with Crippen LogP contribution in [-0.2, 0) is 4.74 Å². The molecule has 0 spiro atoms. The van der Waals surface area contributed by atoms with E-state index in [1.54, 1.807) is 0 Å². The van der Waals surface area contributed by atoms with Gasteiger partial charge in [-0.25, -0.2) is 4.79 Å². The van der Waals surface area contributed by atoms with Crippen molar-refractivity contribution in [2.75, 3.05) is 0 Å². The molecule has 0 aliphatic rings. The zero-order valence-corrected chi connectivity index (χ0v) is 8.46. The van der Waals surface area contributed by atoms with Gasteiger partial charge in [0.25, 0.3) is 0 Å². The minimum Gasteiger partial charge on any atom is -0.447 e. The number of nitrogens with one attached hydrogen (secondary N) is 1. The van der Waals surface area contributed by atoms with Crippen LogP contribution in [0.25, 0.3) is 0 Å². The van der Waals surface area contributed by atoms with Crippen LogP contribution in [0, 0.1) is 12.3 Å². The summed E-state index contributed by atoms with van der Waals surface area (Å²) in [6, 6.07) is 0.0243. The number of amides is 1. The topological polar surface area (TPSA) is 38.3 Å². The highest BCUT2D eigenvalue weighted by atomic mass is 16.6.